The maximum Gasteiger partial charge on any atom is 0.330 e. The highest BCUT2D eigenvalue weighted by molar-refractivity contribution is 6.23. The molecule has 0 fully saturated rings. The molecule has 4 heteroatoms. The number of hydrogen-bond acceptors (Lipinski definition) is 4. The summed E-state index contributed by atoms with van der Waals surface area (Å²) < 4.78 is 4.76. The number of benzene rings is 1. The van der Waals surface area contributed by atoms with Crippen molar-refractivity contribution in [1.82, 2.24) is 0 Å². The minimum absolute atomic E-state index is 0.207. The highest BCUT2D eigenvalue weighted by Crippen LogP contribution is 2.22. The van der Waals surface area contributed by atoms with Crippen LogP contribution in [0.3, 0.4) is 0 Å². The molecule has 1 aliphatic rings. The Balaban J connectivity index is 2.39. The average molecular weight is 256 g/mol. The number of carbonyl (C=O) groups is 3. The maximum absolute atomic E-state index is 11.8. The third-order valence-electron chi connectivity index (χ3n) is 2.68. The normalized spacial score (nSPS) is 13.7. The third kappa shape index (κ3) is 2.68. The number of ketones is 2. The Kier molecular flexibility index (Phi) is 3.71. The molecule has 0 amide bonds. The number of esters is 1. The number of ether oxygens (including phenoxy) is 1. The smallest absolute Gasteiger partial charge is 0.330 e. The van der Waals surface area contributed by atoms with E-state index in [1.54, 1.807) is 25.1 Å². The van der Waals surface area contributed by atoms with Crippen molar-refractivity contribution in [2.24, 2.45) is 0 Å². The van der Waals surface area contributed by atoms with Gasteiger partial charge in [0.25, 0.3) is 0 Å². The lowest BCUT2D eigenvalue weighted by Crippen LogP contribution is -2.13. The molecule has 2 rings (SSSR count). The summed E-state index contributed by atoms with van der Waals surface area (Å²) in [5.41, 5.74) is 1.22. The van der Waals surface area contributed by atoms with Gasteiger partial charge in [0.15, 0.2) is 11.6 Å². The van der Waals surface area contributed by atoms with Crippen LogP contribution in [0, 0.1) is 0 Å². The van der Waals surface area contributed by atoms with Crippen LogP contribution in [-0.4, -0.2) is 24.1 Å². The van der Waals surface area contributed by atoms with Crippen LogP contribution >= 0.6 is 0 Å². The van der Waals surface area contributed by atoms with Crippen molar-refractivity contribution < 1.29 is 19.1 Å². The predicted molar refractivity (Wildman–Crippen MR) is 69.9 cm³/mol. The summed E-state index contributed by atoms with van der Waals surface area (Å²) in [5.74, 6) is -0.926. The van der Waals surface area contributed by atoms with Gasteiger partial charge < -0.3 is 4.74 Å². The van der Waals surface area contributed by atoms with Crippen LogP contribution in [0.4, 0.5) is 0 Å². The first kappa shape index (κ1) is 13.0. The Morgan fingerprint density at radius 2 is 1.95 bits per heavy atom. The quantitative estimate of drug-likeness (QED) is 0.614. The van der Waals surface area contributed by atoms with E-state index < -0.39 is 5.97 Å². The van der Waals surface area contributed by atoms with E-state index in [0.29, 0.717) is 16.7 Å². The Bertz CT molecular complexity index is 609. The lowest BCUT2D eigenvalue weighted by molar-refractivity contribution is -0.137. The van der Waals surface area contributed by atoms with Crippen molar-refractivity contribution in [3.63, 3.8) is 0 Å². The SMILES string of the molecule is CCOC(=O)/C=C/c1cccc2c1C(=O)C=CC2=O. The molecule has 0 radical (unpaired) electrons. The van der Waals surface area contributed by atoms with Crippen LogP contribution in [0.5, 0.6) is 0 Å². The zero-order chi connectivity index (χ0) is 13.8. The fourth-order valence-electron chi connectivity index (χ4n) is 1.86. The Morgan fingerprint density at radius 1 is 1.21 bits per heavy atom. The predicted octanol–water partition coefficient (Wildman–Crippen LogP) is 2.20. The minimum Gasteiger partial charge on any atom is -0.463 e. The van der Waals surface area contributed by atoms with E-state index in [-0.39, 0.29) is 18.2 Å². The number of carbonyl (C=O) groups excluding carboxylic acids is 3. The molecule has 1 aromatic rings. The van der Waals surface area contributed by atoms with Crippen molar-refractivity contribution in [1.29, 1.82) is 0 Å². The highest BCUT2D eigenvalue weighted by atomic mass is 16.5. The lowest BCUT2D eigenvalue weighted by atomic mass is 9.90. The number of fused-ring (bicyclic) bond motifs is 1. The van der Waals surface area contributed by atoms with Gasteiger partial charge in [-0.3, -0.25) is 9.59 Å². The zero-order valence-electron chi connectivity index (χ0n) is 10.4. The molecule has 0 unspecified atom stereocenters. The van der Waals surface area contributed by atoms with Gasteiger partial charge in [-0.05, 0) is 30.7 Å². The molecule has 4 nitrogen and oxygen atoms in total. The first-order valence-electron chi connectivity index (χ1n) is 5.88. The van der Waals surface area contributed by atoms with Crippen molar-refractivity contribution in [2.75, 3.05) is 6.61 Å². The highest BCUT2D eigenvalue weighted by Gasteiger charge is 2.20. The molecule has 0 atom stereocenters. The molecule has 0 aromatic heterocycles. The summed E-state index contributed by atoms with van der Waals surface area (Å²) in [4.78, 5) is 34.8. The largest absolute Gasteiger partial charge is 0.463 e. The molecule has 19 heavy (non-hydrogen) atoms. The Morgan fingerprint density at radius 3 is 2.68 bits per heavy atom. The first-order chi connectivity index (χ1) is 9.13. The molecular formula is C15H12O4. The number of allylic oxidation sites excluding steroid dienone is 2. The lowest BCUT2D eigenvalue weighted by Gasteiger charge is -2.11. The fraction of sp³-hybridized carbons (Fsp3) is 0.133. The van der Waals surface area contributed by atoms with Gasteiger partial charge in [-0.2, -0.15) is 0 Å². The standard InChI is InChI=1S/C15H12O4/c1-2-19-14(18)9-6-10-4-3-5-11-12(16)7-8-13(17)15(10)11/h3-9H,2H2,1H3/b9-6+. The summed E-state index contributed by atoms with van der Waals surface area (Å²) in [5, 5.41) is 0. The molecule has 1 aromatic carbocycles. The summed E-state index contributed by atoms with van der Waals surface area (Å²) in [6.07, 6.45) is 5.23. The maximum atomic E-state index is 11.8. The van der Waals surface area contributed by atoms with E-state index in [9.17, 15) is 14.4 Å². The second kappa shape index (κ2) is 5.44. The van der Waals surface area contributed by atoms with Crippen molar-refractivity contribution in [2.45, 2.75) is 6.92 Å². The summed E-state index contributed by atoms with van der Waals surface area (Å²) in [6.45, 7) is 2.00. The fourth-order valence-corrected chi connectivity index (χ4v) is 1.86. The third-order valence-corrected chi connectivity index (χ3v) is 2.68. The van der Waals surface area contributed by atoms with Gasteiger partial charge in [0.2, 0.25) is 0 Å². The molecule has 0 saturated heterocycles. The number of rotatable bonds is 3. The van der Waals surface area contributed by atoms with Crippen LogP contribution < -0.4 is 0 Å². The monoisotopic (exact) mass is 256 g/mol. The molecule has 96 valence electrons. The molecular weight excluding hydrogens is 244 g/mol. The second-order valence-electron chi connectivity index (χ2n) is 3.92. The molecule has 0 spiro atoms. The van der Waals surface area contributed by atoms with Crippen molar-refractivity contribution in [3.05, 3.63) is 53.1 Å². The van der Waals surface area contributed by atoms with Gasteiger partial charge in [-0.25, -0.2) is 4.79 Å². The van der Waals surface area contributed by atoms with Crippen LogP contribution in [0.15, 0.2) is 36.4 Å². The Hall–Kier alpha value is -2.49. The zero-order valence-corrected chi connectivity index (χ0v) is 10.4. The minimum atomic E-state index is -0.481. The molecule has 0 N–H and O–H groups in total. The molecule has 1 aliphatic carbocycles. The summed E-state index contributed by atoms with van der Waals surface area (Å²) in [7, 11) is 0. The van der Waals surface area contributed by atoms with Gasteiger partial charge in [0.1, 0.15) is 0 Å². The van der Waals surface area contributed by atoms with E-state index in [1.165, 1.54) is 24.3 Å². The molecule has 0 aliphatic heterocycles. The molecule has 0 bridgehead atoms. The van der Waals surface area contributed by atoms with Crippen LogP contribution in [-0.2, 0) is 9.53 Å². The topological polar surface area (TPSA) is 60.4 Å². The van der Waals surface area contributed by atoms with Gasteiger partial charge in [-0.15, -0.1) is 0 Å². The second-order valence-corrected chi connectivity index (χ2v) is 3.92. The summed E-state index contributed by atoms with van der Waals surface area (Å²) >= 11 is 0. The van der Waals surface area contributed by atoms with Crippen LogP contribution in [0.1, 0.15) is 33.2 Å². The van der Waals surface area contributed by atoms with Gasteiger partial charge >= 0.3 is 5.97 Å². The van der Waals surface area contributed by atoms with Crippen LogP contribution in [0.2, 0.25) is 0 Å². The molecule has 0 saturated carbocycles. The van der Waals surface area contributed by atoms with Crippen LogP contribution in [0.25, 0.3) is 6.08 Å². The van der Waals surface area contributed by atoms with E-state index in [0.717, 1.165) is 0 Å². The van der Waals surface area contributed by atoms with Gasteiger partial charge in [0, 0.05) is 17.2 Å². The summed E-state index contributed by atoms with van der Waals surface area (Å²) in [6, 6.07) is 4.95. The first-order valence-corrected chi connectivity index (χ1v) is 5.88. The van der Waals surface area contributed by atoms with E-state index in [2.05, 4.69) is 0 Å². The van der Waals surface area contributed by atoms with Crippen molar-refractivity contribution >= 4 is 23.6 Å². The van der Waals surface area contributed by atoms with E-state index in [1.807, 2.05) is 0 Å². The van der Waals surface area contributed by atoms with Crippen molar-refractivity contribution in [3.8, 4) is 0 Å². The average Bonchev–Trinajstić information content (AvgIpc) is 2.41. The number of hydrogen-bond donors (Lipinski definition) is 0. The van der Waals surface area contributed by atoms with E-state index >= 15 is 0 Å². The van der Waals surface area contributed by atoms with Gasteiger partial charge in [-0.1, -0.05) is 18.2 Å². The molecule has 0 heterocycles. The Labute approximate surface area is 110 Å². The van der Waals surface area contributed by atoms with Gasteiger partial charge in [0.05, 0.1) is 6.61 Å². The van der Waals surface area contributed by atoms with E-state index in [4.69, 9.17) is 4.74 Å².